The molecule has 0 aromatic rings. The molecule has 0 aromatic heterocycles. The Bertz CT molecular complexity index is 207. The number of rotatable bonds is 2. The van der Waals surface area contributed by atoms with Gasteiger partial charge in [0, 0.05) is 25.2 Å². The van der Waals surface area contributed by atoms with Gasteiger partial charge in [-0.15, -0.1) is 0 Å². The van der Waals surface area contributed by atoms with E-state index < -0.39 is 0 Å². The van der Waals surface area contributed by atoms with Gasteiger partial charge in [-0.1, -0.05) is 34.6 Å². The molecule has 0 saturated carbocycles. The fourth-order valence-electron chi connectivity index (χ4n) is 3.61. The molecule has 1 saturated heterocycles. The molecule has 1 fully saturated rings. The highest BCUT2D eigenvalue weighted by molar-refractivity contribution is 4.92. The normalized spacial score (nSPS) is 32.4. The summed E-state index contributed by atoms with van der Waals surface area (Å²) in [5, 5.41) is 0. The van der Waals surface area contributed by atoms with Gasteiger partial charge in [-0.3, -0.25) is 4.90 Å². The van der Waals surface area contributed by atoms with Crippen LogP contribution >= 0.6 is 0 Å². The van der Waals surface area contributed by atoms with E-state index in [2.05, 4.69) is 46.4 Å². The van der Waals surface area contributed by atoms with Crippen LogP contribution in [0.25, 0.3) is 0 Å². The van der Waals surface area contributed by atoms with Gasteiger partial charge in [-0.25, -0.2) is 0 Å². The molecule has 1 aliphatic rings. The van der Waals surface area contributed by atoms with Crippen molar-refractivity contribution in [3.8, 4) is 0 Å². The maximum absolute atomic E-state index is 6.20. The number of hydrogen-bond donors (Lipinski definition) is 1. The second-order valence-corrected chi connectivity index (χ2v) is 7.07. The van der Waals surface area contributed by atoms with Gasteiger partial charge in [-0.2, -0.15) is 0 Å². The lowest BCUT2D eigenvalue weighted by Crippen LogP contribution is -2.57. The maximum Gasteiger partial charge on any atom is 0.0293 e. The third kappa shape index (κ3) is 3.46. The fourth-order valence-corrected chi connectivity index (χ4v) is 3.61. The number of nitrogens with zero attached hydrogens (tertiary/aromatic N) is 1. The average molecular weight is 226 g/mol. The first-order valence-corrected chi connectivity index (χ1v) is 6.71. The Hall–Kier alpha value is -0.0800. The molecule has 4 atom stereocenters. The minimum atomic E-state index is 0.248. The van der Waals surface area contributed by atoms with Crippen molar-refractivity contribution >= 4 is 0 Å². The zero-order valence-electron chi connectivity index (χ0n) is 12.0. The third-order valence-electron chi connectivity index (χ3n) is 3.68. The molecule has 2 nitrogen and oxygen atoms in total. The van der Waals surface area contributed by atoms with E-state index in [9.17, 15) is 0 Å². The Labute approximate surface area is 102 Å². The van der Waals surface area contributed by atoms with Crippen LogP contribution in [0, 0.1) is 17.3 Å². The molecule has 0 spiro atoms. The van der Waals surface area contributed by atoms with Crippen molar-refractivity contribution in [1.29, 1.82) is 0 Å². The summed E-state index contributed by atoms with van der Waals surface area (Å²) in [5.74, 6) is 1.62. The Balaban J connectivity index is 2.78. The molecule has 96 valence electrons. The summed E-state index contributed by atoms with van der Waals surface area (Å²) in [4.78, 5) is 2.63. The summed E-state index contributed by atoms with van der Waals surface area (Å²) in [5.41, 5.74) is 6.47. The van der Waals surface area contributed by atoms with Gasteiger partial charge in [0.1, 0.15) is 0 Å². The smallest absolute Gasteiger partial charge is 0.0293 e. The van der Waals surface area contributed by atoms with E-state index in [1.807, 2.05) is 0 Å². The standard InChI is InChI=1S/C14H30N2/c1-10-7-11(2)9-16(8-10)13(12(3)15)14(4,5)6/h10-13H,7-9,15H2,1-6H3. The molecule has 2 N–H and O–H groups in total. The summed E-state index contributed by atoms with van der Waals surface area (Å²) in [6.07, 6.45) is 1.37. The van der Waals surface area contributed by atoms with Crippen molar-refractivity contribution in [2.75, 3.05) is 13.1 Å². The van der Waals surface area contributed by atoms with Crippen LogP contribution < -0.4 is 5.73 Å². The molecule has 1 rings (SSSR count). The number of piperidine rings is 1. The van der Waals surface area contributed by atoms with Gasteiger partial charge in [0.25, 0.3) is 0 Å². The lowest BCUT2D eigenvalue weighted by molar-refractivity contribution is 0.0284. The van der Waals surface area contributed by atoms with Crippen molar-refractivity contribution < 1.29 is 0 Å². The van der Waals surface area contributed by atoms with Crippen LogP contribution in [-0.2, 0) is 0 Å². The average Bonchev–Trinajstić information content (AvgIpc) is 1.96. The van der Waals surface area contributed by atoms with Crippen molar-refractivity contribution in [1.82, 2.24) is 4.90 Å². The van der Waals surface area contributed by atoms with Crippen LogP contribution in [0.3, 0.4) is 0 Å². The van der Waals surface area contributed by atoms with E-state index in [1.54, 1.807) is 0 Å². The van der Waals surface area contributed by atoms with E-state index in [1.165, 1.54) is 19.5 Å². The summed E-state index contributed by atoms with van der Waals surface area (Å²) < 4.78 is 0. The number of nitrogens with two attached hydrogens (primary N) is 1. The van der Waals surface area contributed by atoms with Gasteiger partial charge in [0.05, 0.1) is 0 Å². The molecule has 4 unspecified atom stereocenters. The Kier molecular flexibility index (Phi) is 4.42. The predicted octanol–water partition coefficient (Wildman–Crippen LogP) is 2.73. The molecular weight excluding hydrogens is 196 g/mol. The van der Waals surface area contributed by atoms with E-state index >= 15 is 0 Å². The first-order chi connectivity index (χ1) is 7.21. The topological polar surface area (TPSA) is 29.3 Å². The van der Waals surface area contributed by atoms with E-state index in [-0.39, 0.29) is 11.5 Å². The monoisotopic (exact) mass is 226 g/mol. The molecular formula is C14H30N2. The van der Waals surface area contributed by atoms with Crippen LogP contribution in [0.5, 0.6) is 0 Å². The molecule has 16 heavy (non-hydrogen) atoms. The zero-order valence-corrected chi connectivity index (χ0v) is 12.0. The van der Waals surface area contributed by atoms with Gasteiger partial charge in [0.2, 0.25) is 0 Å². The molecule has 0 bridgehead atoms. The zero-order chi connectivity index (χ0) is 12.5. The fraction of sp³-hybridized carbons (Fsp3) is 1.00. The highest BCUT2D eigenvalue weighted by Gasteiger charge is 2.36. The van der Waals surface area contributed by atoms with Crippen molar-refractivity contribution in [3.63, 3.8) is 0 Å². The lowest BCUT2D eigenvalue weighted by Gasteiger charge is -2.47. The van der Waals surface area contributed by atoms with Crippen LogP contribution in [-0.4, -0.2) is 30.1 Å². The van der Waals surface area contributed by atoms with Crippen molar-refractivity contribution in [3.05, 3.63) is 0 Å². The van der Waals surface area contributed by atoms with E-state index in [0.717, 1.165) is 11.8 Å². The summed E-state index contributed by atoms with van der Waals surface area (Å²) in [6.45, 7) is 16.2. The molecule has 0 aliphatic carbocycles. The minimum absolute atomic E-state index is 0.248. The van der Waals surface area contributed by atoms with Gasteiger partial charge in [0.15, 0.2) is 0 Å². The van der Waals surface area contributed by atoms with Crippen LogP contribution in [0.2, 0.25) is 0 Å². The Morgan fingerprint density at radius 2 is 1.56 bits per heavy atom. The maximum atomic E-state index is 6.20. The SMILES string of the molecule is CC1CC(C)CN(C(C(C)N)C(C)(C)C)C1. The second-order valence-electron chi connectivity index (χ2n) is 7.07. The van der Waals surface area contributed by atoms with Crippen LogP contribution in [0.4, 0.5) is 0 Å². The largest absolute Gasteiger partial charge is 0.327 e. The van der Waals surface area contributed by atoms with Crippen molar-refractivity contribution in [2.24, 2.45) is 23.0 Å². The molecule has 0 aromatic carbocycles. The Morgan fingerprint density at radius 3 is 1.88 bits per heavy atom. The predicted molar refractivity (Wildman–Crippen MR) is 71.4 cm³/mol. The van der Waals surface area contributed by atoms with Gasteiger partial charge < -0.3 is 5.73 Å². The van der Waals surface area contributed by atoms with Crippen molar-refractivity contribution in [2.45, 2.75) is 60.0 Å². The summed E-state index contributed by atoms with van der Waals surface area (Å²) >= 11 is 0. The number of hydrogen-bond acceptors (Lipinski definition) is 2. The molecule has 1 aliphatic heterocycles. The highest BCUT2D eigenvalue weighted by Crippen LogP contribution is 2.31. The number of likely N-dealkylation sites (tertiary alicyclic amines) is 1. The minimum Gasteiger partial charge on any atom is -0.327 e. The van der Waals surface area contributed by atoms with Gasteiger partial charge >= 0.3 is 0 Å². The lowest BCUT2D eigenvalue weighted by atomic mass is 9.79. The molecule has 1 heterocycles. The van der Waals surface area contributed by atoms with Gasteiger partial charge in [-0.05, 0) is 30.6 Å². The first kappa shape index (κ1) is 14.0. The highest BCUT2D eigenvalue weighted by atomic mass is 15.2. The molecule has 0 radical (unpaired) electrons. The molecule has 2 heteroatoms. The van der Waals surface area contributed by atoms with Crippen LogP contribution in [0.1, 0.15) is 48.0 Å². The second kappa shape index (κ2) is 5.05. The summed E-state index contributed by atoms with van der Waals surface area (Å²) in [7, 11) is 0. The summed E-state index contributed by atoms with van der Waals surface area (Å²) in [6, 6.07) is 0.746. The van der Waals surface area contributed by atoms with E-state index in [4.69, 9.17) is 5.73 Å². The third-order valence-corrected chi connectivity index (χ3v) is 3.68. The quantitative estimate of drug-likeness (QED) is 0.784. The van der Waals surface area contributed by atoms with Crippen LogP contribution in [0.15, 0.2) is 0 Å². The van der Waals surface area contributed by atoms with E-state index in [0.29, 0.717) is 6.04 Å². The molecule has 0 amide bonds. The Morgan fingerprint density at radius 1 is 1.12 bits per heavy atom. The first-order valence-electron chi connectivity index (χ1n) is 6.71.